The summed E-state index contributed by atoms with van der Waals surface area (Å²) in [6.45, 7) is 2.11. The molecule has 1 aromatic rings. The quantitative estimate of drug-likeness (QED) is 0.770. The van der Waals surface area contributed by atoms with Crippen molar-refractivity contribution in [2.75, 3.05) is 32.1 Å². The molecule has 1 aliphatic rings. The predicted octanol–water partition coefficient (Wildman–Crippen LogP) is 1.75. The van der Waals surface area contributed by atoms with Gasteiger partial charge in [0.2, 0.25) is 0 Å². The first kappa shape index (κ1) is 12.6. The first-order valence-electron chi connectivity index (χ1n) is 6.00. The molecule has 0 radical (unpaired) electrons. The topological polar surface area (TPSA) is 32.3 Å². The Bertz CT molecular complexity index is 344. The van der Waals surface area contributed by atoms with Crippen molar-refractivity contribution in [3.05, 3.63) is 17.8 Å². The van der Waals surface area contributed by atoms with Gasteiger partial charge in [0, 0.05) is 19.1 Å². The van der Waals surface area contributed by atoms with Crippen LogP contribution in [0.3, 0.4) is 0 Å². The van der Waals surface area contributed by atoms with Crippen LogP contribution in [0.5, 0.6) is 0 Å². The van der Waals surface area contributed by atoms with Crippen molar-refractivity contribution in [2.24, 2.45) is 0 Å². The summed E-state index contributed by atoms with van der Waals surface area (Å²) in [5.74, 6) is 1.40. The minimum absolute atomic E-state index is 0.427. The van der Waals surface area contributed by atoms with Gasteiger partial charge in [0.25, 0.3) is 0 Å². The van der Waals surface area contributed by atoms with Crippen LogP contribution in [0.4, 0.5) is 5.82 Å². The summed E-state index contributed by atoms with van der Waals surface area (Å²) >= 11 is 5.70. The van der Waals surface area contributed by atoms with Gasteiger partial charge in [-0.1, -0.05) is 0 Å². The van der Waals surface area contributed by atoms with Gasteiger partial charge in [-0.05, 0) is 39.1 Å². The lowest BCUT2D eigenvalue weighted by Gasteiger charge is -2.35. The van der Waals surface area contributed by atoms with Crippen LogP contribution in [0.15, 0.2) is 12.1 Å². The molecule has 0 unspecified atom stereocenters. The SMILES string of the molecule is CN(C)C1CCN(c2ccc(CCl)nn2)CC1. The fourth-order valence-electron chi connectivity index (χ4n) is 2.20. The fraction of sp³-hybridized carbons (Fsp3) is 0.667. The molecule has 0 saturated carbocycles. The van der Waals surface area contributed by atoms with Crippen molar-refractivity contribution >= 4 is 17.4 Å². The van der Waals surface area contributed by atoms with E-state index in [0.29, 0.717) is 11.9 Å². The summed E-state index contributed by atoms with van der Waals surface area (Å²) in [6, 6.07) is 4.66. The molecule has 1 saturated heterocycles. The van der Waals surface area contributed by atoms with Crippen LogP contribution in [-0.4, -0.2) is 48.3 Å². The fourth-order valence-corrected chi connectivity index (χ4v) is 2.35. The Kier molecular flexibility index (Phi) is 4.18. The van der Waals surface area contributed by atoms with E-state index in [1.54, 1.807) is 0 Å². The Morgan fingerprint density at radius 2 is 2.00 bits per heavy atom. The van der Waals surface area contributed by atoms with Crippen LogP contribution in [0.2, 0.25) is 0 Å². The molecule has 0 N–H and O–H groups in total. The number of alkyl halides is 1. The Morgan fingerprint density at radius 3 is 2.47 bits per heavy atom. The first-order chi connectivity index (χ1) is 8.20. The molecule has 0 atom stereocenters. The van der Waals surface area contributed by atoms with Gasteiger partial charge in [0.1, 0.15) is 0 Å². The second kappa shape index (κ2) is 5.65. The van der Waals surface area contributed by atoms with E-state index in [2.05, 4.69) is 34.1 Å². The van der Waals surface area contributed by atoms with Crippen molar-refractivity contribution in [3.8, 4) is 0 Å². The minimum Gasteiger partial charge on any atom is -0.355 e. The van der Waals surface area contributed by atoms with Crippen LogP contribution in [0, 0.1) is 0 Å². The second-order valence-electron chi connectivity index (χ2n) is 4.70. The Morgan fingerprint density at radius 1 is 1.29 bits per heavy atom. The molecule has 0 amide bonds. The highest BCUT2D eigenvalue weighted by molar-refractivity contribution is 6.16. The smallest absolute Gasteiger partial charge is 0.151 e. The van der Waals surface area contributed by atoms with Crippen LogP contribution in [0.1, 0.15) is 18.5 Å². The number of piperidine rings is 1. The van der Waals surface area contributed by atoms with Gasteiger partial charge < -0.3 is 9.80 Å². The van der Waals surface area contributed by atoms with Gasteiger partial charge in [-0.2, -0.15) is 5.10 Å². The van der Waals surface area contributed by atoms with Gasteiger partial charge >= 0.3 is 0 Å². The summed E-state index contributed by atoms with van der Waals surface area (Å²) in [4.78, 5) is 4.60. The zero-order valence-corrected chi connectivity index (χ0v) is 11.2. The largest absolute Gasteiger partial charge is 0.355 e. The maximum absolute atomic E-state index is 5.70. The summed E-state index contributed by atoms with van der Waals surface area (Å²) in [5, 5.41) is 8.31. The number of hydrogen-bond donors (Lipinski definition) is 0. The van der Waals surface area contributed by atoms with Crippen molar-refractivity contribution in [1.29, 1.82) is 0 Å². The number of rotatable bonds is 3. The zero-order chi connectivity index (χ0) is 12.3. The first-order valence-corrected chi connectivity index (χ1v) is 6.54. The summed E-state index contributed by atoms with van der Waals surface area (Å²) in [6.07, 6.45) is 2.37. The van der Waals surface area contributed by atoms with Crippen molar-refractivity contribution < 1.29 is 0 Å². The number of aromatic nitrogens is 2. The molecule has 5 heteroatoms. The molecule has 1 fully saturated rings. The van der Waals surface area contributed by atoms with E-state index in [-0.39, 0.29) is 0 Å². The monoisotopic (exact) mass is 254 g/mol. The third-order valence-corrected chi connectivity index (χ3v) is 3.64. The van der Waals surface area contributed by atoms with Gasteiger partial charge in [-0.3, -0.25) is 0 Å². The molecule has 4 nitrogen and oxygen atoms in total. The molecule has 1 aromatic heterocycles. The molecule has 94 valence electrons. The third-order valence-electron chi connectivity index (χ3n) is 3.36. The van der Waals surface area contributed by atoms with E-state index >= 15 is 0 Å². The van der Waals surface area contributed by atoms with E-state index in [1.807, 2.05) is 12.1 Å². The minimum atomic E-state index is 0.427. The van der Waals surface area contributed by atoms with E-state index in [9.17, 15) is 0 Å². The number of anilines is 1. The summed E-state index contributed by atoms with van der Waals surface area (Å²) < 4.78 is 0. The second-order valence-corrected chi connectivity index (χ2v) is 4.97. The molecule has 17 heavy (non-hydrogen) atoms. The maximum Gasteiger partial charge on any atom is 0.151 e. The number of nitrogens with zero attached hydrogens (tertiary/aromatic N) is 4. The molecule has 0 spiro atoms. The van der Waals surface area contributed by atoms with Gasteiger partial charge in [0.05, 0.1) is 11.6 Å². The van der Waals surface area contributed by atoms with E-state index in [0.717, 1.165) is 24.6 Å². The highest BCUT2D eigenvalue weighted by Gasteiger charge is 2.21. The summed E-state index contributed by atoms with van der Waals surface area (Å²) in [7, 11) is 4.30. The highest BCUT2D eigenvalue weighted by atomic mass is 35.5. The molecular weight excluding hydrogens is 236 g/mol. The van der Waals surface area contributed by atoms with E-state index < -0.39 is 0 Å². The maximum atomic E-state index is 5.70. The lowest BCUT2D eigenvalue weighted by Crippen LogP contribution is -2.42. The lowest BCUT2D eigenvalue weighted by atomic mass is 10.0. The average Bonchev–Trinajstić information content (AvgIpc) is 2.39. The molecule has 2 rings (SSSR count). The number of halogens is 1. The van der Waals surface area contributed by atoms with Crippen LogP contribution >= 0.6 is 11.6 Å². The Balaban J connectivity index is 1.95. The van der Waals surface area contributed by atoms with E-state index in [1.165, 1.54) is 12.8 Å². The molecule has 0 aromatic carbocycles. The Labute approximate surface area is 108 Å². The molecule has 2 heterocycles. The van der Waals surface area contributed by atoms with Crippen LogP contribution in [0.25, 0.3) is 0 Å². The zero-order valence-electron chi connectivity index (χ0n) is 10.4. The van der Waals surface area contributed by atoms with Gasteiger partial charge in [-0.25, -0.2) is 0 Å². The highest BCUT2D eigenvalue weighted by Crippen LogP contribution is 2.19. The molecule has 1 aliphatic heterocycles. The van der Waals surface area contributed by atoms with Crippen molar-refractivity contribution in [2.45, 2.75) is 24.8 Å². The molecule has 0 aliphatic carbocycles. The lowest BCUT2D eigenvalue weighted by molar-refractivity contribution is 0.249. The third kappa shape index (κ3) is 3.07. The van der Waals surface area contributed by atoms with Gasteiger partial charge in [0.15, 0.2) is 5.82 Å². The van der Waals surface area contributed by atoms with Crippen molar-refractivity contribution in [3.63, 3.8) is 0 Å². The predicted molar refractivity (Wildman–Crippen MR) is 70.5 cm³/mol. The van der Waals surface area contributed by atoms with Gasteiger partial charge in [-0.15, -0.1) is 16.7 Å². The average molecular weight is 255 g/mol. The standard InChI is InChI=1S/C12H19ClN4/c1-16(2)11-5-7-17(8-6-11)12-4-3-10(9-13)14-15-12/h3-4,11H,5-9H2,1-2H3. The molecular formula is C12H19ClN4. The van der Waals surface area contributed by atoms with Crippen molar-refractivity contribution in [1.82, 2.24) is 15.1 Å². The molecule has 0 bridgehead atoms. The number of hydrogen-bond acceptors (Lipinski definition) is 4. The van der Waals surface area contributed by atoms with Crippen LogP contribution < -0.4 is 4.90 Å². The Hall–Kier alpha value is -0.870. The van der Waals surface area contributed by atoms with Crippen LogP contribution in [-0.2, 0) is 5.88 Å². The summed E-state index contributed by atoms with van der Waals surface area (Å²) in [5.41, 5.74) is 0.832. The normalized spacial score (nSPS) is 17.8. The van der Waals surface area contributed by atoms with E-state index in [4.69, 9.17) is 11.6 Å².